The molecule has 0 radical (unpaired) electrons. The maximum atomic E-state index is 8.55. The van der Waals surface area contributed by atoms with Crippen LogP contribution < -0.4 is 29.4 Å². The van der Waals surface area contributed by atoms with Crippen molar-refractivity contribution in [1.29, 1.82) is 0 Å². The van der Waals surface area contributed by atoms with Crippen LogP contribution in [-0.2, 0) is 43.7 Å². The first-order valence-electron chi connectivity index (χ1n) is 1.46. The van der Waals surface area contributed by atoms with E-state index in [1.807, 2.05) is 0 Å². The van der Waals surface area contributed by atoms with E-state index >= 15 is 0 Å². The molecule has 0 N–H and O–H groups in total. The van der Waals surface area contributed by atoms with Gasteiger partial charge in [0.05, 0.1) is 0 Å². The van der Waals surface area contributed by atoms with Gasteiger partial charge in [-0.2, -0.15) is 15.6 Å². The molecule has 0 aromatic heterocycles. The molecule has 0 atom stereocenters. The smallest absolute Gasteiger partial charge is 0.822 e. The van der Waals surface area contributed by atoms with Crippen molar-refractivity contribution in [2.45, 2.75) is 0 Å². The number of rotatable bonds is 0. The van der Waals surface area contributed by atoms with Crippen LogP contribution in [0.1, 0.15) is 0 Å². The van der Waals surface area contributed by atoms with E-state index in [4.69, 9.17) is 38.5 Å². The van der Waals surface area contributed by atoms with Gasteiger partial charge in [0.15, 0.2) is 0 Å². The van der Waals surface area contributed by atoms with Gasteiger partial charge in [0.25, 0.3) is 0 Å². The predicted molar refractivity (Wildman–Crippen MR) is 28.2 cm³/mol. The van der Waals surface area contributed by atoms with Crippen LogP contribution in [0.25, 0.3) is 0 Å². The van der Waals surface area contributed by atoms with Crippen LogP contribution in [0, 0.1) is 0 Å². The standard InChI is InChI=1S/Mo.2H3O4P.H4S/c;2*1-5(2,3)4;/h;2*(H3,1,2,3,4);1H4/q+4;;;+2/p-6. The van der Waals surface area contributed by atoms with Crippen molar-refractivity contribution < 1.29 is 59.6 Å². The summed E-state index contributed by atoms with van der Waals surface area (Å²) in [7, 11) is -10.8. The summed E-state index contributed by atoms with van der Waals surface area (Å²) in [4.78, 5) is 51.3. The zero-order valence-corrected chi connectivity index (χ0v) is 10.5. The minimum Gasteiger partial charge on any atom is -0.822 e. The van der Waals surface area contributed by atoms with Crippen LogP contribution in [0.15, 0.2) is 0 Å². The van der Waals surface area contributed by atoms with Crippen molar-refractivity contribution in [3.05, 3.63) is 0 Å². The molecular weight excluding hydrogens is 318 g/mol. The molecule has 0 rings (SSSR count). The molecule has 0 saturated carbocycles. The summed E-state index contributed by atoms with van der Waals surface area (Å²) < 4.78 is 17.1. The molecule has 0 bridgehead atoms. The van der Waals surface area contributed by atoms with Crippen molar-refractivity contribution >= 4 is 29.1 Å². The van der Waals surface area contributed by atoms with Crippen molar-refractivity contribution in [2.24, 2.45) is 0 Å². The fourth-order valence-electron chi connectivity index (χ4n) is 0. The van der Waals surface area contributed by atoms with Crippen LogP contribution in [0.3, 0.4) is 0 Å². The van der Waals surface area contributed by atoms with Gasteiger partial charge in [0, 0.05) is 0 Å². The number of hydrogen-bond donors (Lipinski definition) is 0. The zero-order chi connectivity index (χ0) is 9.00. The van der Waals surface area contributed by atoms with Crippen LogP contribution in [0.4, 0.5) is 0 Å². The Morgan fingerprint density at radius 3 is 0.667 bits per heavy atom. The maximum Gasteiger partial charge on any atom is 4.00 e. The largest absolute Gasteiger partial charge is 4.00 e. The number of phosphoric acid groups is 2. The molecule has 0 aliphatic heterocycles. The van der Waals surface area contributed by atoms with Gasteiger partial charge in [0.1, 0.15) is 0 Å². The molecule has 0 fully saturated rings. The first-order valence-corrected chi connectivity index (χ1v) is 4.38. The normalized spacial score (nSPS) is 9.83. The molecule has 0 aromatic rings. The van der Waals surface area contributed by atoms with Crippen LogP contribution in [0.2, 0.25) is 0 Å². The SMILES string of the molecule is O=P([O-])([O-])[O-].O=P([O-])([O-])[O-].[Mo+4].[SH4+2]. The Hall–Kier alpha value is 1.26. The zero-order valence-electron chi connectivity index (χ0n) is 5.28. The summed E-state index contributed by atoms with van der Waals surface area (Å²) in [5.41, 5.74) is 0. The topological polar surface area (TPSA) is 172 Å². The van der Waals surface area contributed by atoms with Gasteiger partial charge in [-0.1, -0.05) is 0 Å². The monoisotopic (exact) mass is 324 g/mol. The van der Waals surface area contributed by atoms with Gasteiger partial charge >= 0.3 is 21.1 Å². The minimum absolute atomic E-state index is 0. The molecule has 0 heterocycles. The second-order valence-electron chi connectivity index (χ2n) is 0.894. The van der Waals surface area contributed by atoms with E-state index in [2.05, 4.69) is 0 Å². The maximum absolute atomic E-state index is 8.55. The van der Waals surface area contributed by atoms with E-state index in [0.717, 1.165) is 0 Å². The molecule has 74 valence electrons. The van der Waals surface area contributed by atoms with Crippen molar-refractivity contribution in [3.8, 4) is 0 Å². The third-order valence-corrected chi connectivity index (χ3v) is 0. The number of hydrogen-bond acceptors (Lipinski definition) is 8. The van der Waals surface area contributed by atoms with Gasteiger partial charge in [0.2, 0.25) is 0 Å². The summed E-state index contributed by atoms with van der Waals surface area (Å²) in [6, 6.07) is 0. The fraction of sp³-hybridized carbons (Fsp3) is 0. The second-order valence-corrected chi connectivity index (χ2v) is 2.68. The average molecular weight is 322 g/mol. The molecule has 0 aliphatic rings. The first-order chi connectivity index (χ1) is 4.00. The average Bonchev–Trinajstić information content (AvgIpc) is 1.12. The Morgan fingerprint density at radius 1 is 0.667 bits per heavy atom. The Morgan fingerprint density at radius 2 is 0.667 bits per heavy atom. The minimum atomic E-state index is -5.39. The third-order valence-electron chi connectivity index (χ3n) is 0. The molecule has 8 nitrogen and oxygen atoms in total. The van der Waals surface area contributed by atoms with Gasteiger partial charge in [-0.25, -0.2) is 13.5 Å². The van der Waals surface area contributed by atoms with E-state index in [0.29, 0.717) is 0 Å². The van der Waals surface area contributed by atoms with E-state index in [1.54, 1.807) is 0 Å². The van der Waals surface area contributed by atoms with Gasteiger partial charge < -0.3 is 38.5 Å². The van der Waals surface area contributed by atoms with Crippen molar-refractivity contribution in [3.63, 3.8) is 0 Å². The van der Waals surface area contributed by atoms with Crippen molar-refractivity contribution in [2.75, 3.05) is 0 Å². The summed E-state index contributed by atoms with van der Waals surface area (Å²) in [6.45, 7) is 0. The second kappa shape index (κ2) is 8.84. The summed E-state index contributed by atoms with van der Waals surface area (Å²) >= 11 is 0. The molecular formula is H4MoO8P2S. The Kier molecular flexibility index (Phi) is 17.1. The van der Waals surface area contributed by atoms with E-state index in [9.17, 15) is 0 Å². The summed E-state index contributed by atoms with van der Waals surface area (Å²) in [5.74, 6) is 0. The van der Waals surface area contributed by atoms with E-state index in [-0.39, 0.29) is 34.6 Å². The molecule has 0 aromatic carbocycles. The molecule has 12 heteroatoms. The van der Waals surface area contributed by atoms with Crippen LogP contribution in [0.5, 0.6) is 0 Å². The third kappa shape index (κ3) is 748. The van der Waals surface area contributed by atoms with Gasteiger partial charge in [-0.15, -0.1) is 0 Å². The predicted octanol–water partition coefficient (Wildman–Crippen LogP) is -6.72. The molecule has 0 aliphatic carbocycles. The quantitative estimate of drug-likeness (QED) is 0.312. The molecule has 0 amide bonds. The van der Waals surface area contributed by atoms with Crippen LogP contribution in [-0.4, -0.2) is 0 Å². The van der Waals surface area contributed by atoms with E-state index < -0.39 is 15.6 Å². The molecule has 0 saturated heterocycles. The van der Waals surface area contributed by atoms with Crippen molar-refractivity contribution in [1.82, 2.24) is 0 Å². The summed E-state index contributed by atoms with van der Waals surface area (Å²) in [5, 5.41) is 0. The Labute approximate surface area is 88.8 Å². The van der Waals surface area contributed by atoms with Crippen LogP contribution >= 0.6 is 15.6 Å². The Bertz CT molecular complexity index is 129. The Balaban J connectivity index is -0.0000000457. The first kappa shape index (κ1) is 23.2. The van der Waals surface area contributed by atoms with Gasteiger partial charge in [-0.05, 0) is 0 Å². The summed E-state index contributed by atoms with van der Waals surface area (Å²) in [6.07, 6.45) is 0. The fourth-order valence-corrected chi connectivity index (χ4v) is 0. The molecule has 0 unspecified atom stereocenters. The molecule has 0 spiro atoms. The molecule has 12 heavy (non-hydrogen) atoms. The van der Waals surface area contributed by atoms with Gasteiger partial charge in [-0.3, -0.25) is 0 Å². The van der Waals surface area contributed by atoms with E-state index in [1.165, 1.54) is 0 Å².